The van der Waals surface area contributed by atoms with Gasteiger partial charge in [0, 0.05) is 6.20 Å². The quantitative estimate of drug-likeness (QED) is 0.799. The van der Waals surface area contributed by atoms with E-state index >= 15 is 0 Å². The van der Waals surface area contributed by atoms with Crippen LogP contribution in [0.3, 0.4) is 0 Å². The first kappa shape index (κ1) is 10.4. The minimum absolute atomic E-state index is 0.0807. The van der Waals surface area contributed by atoms with E-state index in [1.807, 2.05) is 0 Å². The Hall–Kier alpha value is -2.12. The van der Waals surface area contributed by atoms with E-state index in [0.717, 1.165) is 17.1 Å². The van der Waals surface area contributed by atoms with Crippen molar-refractivity contribution in [1.82, 2.24) is 19.5 Å². The van der Waals surface area contributed by atoms with Crippen molar-refractivity contribution in [2.75, 3.05) is 5.73 Å². The molecule has 8 heteroatoms. The van der Waals surface area contributed by atoms with Crippen molar-refractivity contribution in [3.05, 3.63) is 30.6 Å². The third-order valence-corrected chi connectivity index (χ3v) is 1.76. The summed E-state index contributed by atoms with van der Waals surface area (Å²) in [6, 6.07) is 0. The van der Waals surface area contributed by atoms with Gasteiger partial charge in [-0.25, -0.2) is 15.0 Å². The molecule has 0 spiro atoms. The second kappa shape index (κ2) is 3.47. The Bertz CT molecular complexity index is 487. The van der Waals surface area contributed by atoms with Crippen LogP contribution >= 0.6 is 0 Å². The third kappa shape index (κ3) is 1.95. The number of aromatic nitrogens is 4. The molecule has 2 heterocycles. The fourth-order valence-corrected chi connectivity index (χ4v) is 1.04. The lowest BCUT2D eigenvalue weighted by Crippen LogP contribution is -2.05. The number of imidazole rings is 1. The summed E-state index contributed by atoms with van der Waals surface area (Å²) in [5.74, 6) is 0.0807. The van der Waals surface area contributed by atoms with Crippen molar-refractivity contribution in [3.8, 4) is 5.95 Å². The summed E-state index contributed by atoms with van der Waals surface area (Å²) in [5, 5.41) is 0. The summed E-state index contributed by atoms with van der Waals surface area (Å²) in [6.45, 7) is 0. The molecule has 2 aromatic rings. The van der Waals surface area contributed by atoms with E-state index in [1.54, 1.807) is 0 Å². The molecule has 0 aliphatic heterocycles. The van der Waals surface area contributed by atoms with Crippen molar-refractivity contribution in [2.24, 2.45) is 0 Å². The average Bonchev–Trinajstić information content (AvgIpc) is 2.67. The topological polar surface area (TPSA) is 69.6 Å². The molecular formula is C8H6F3N5. The molecule has 0 radical (unpaired) electrons. The maximum atomic E-state index is 12.2. The Balaban J connectivity index is 2.35. The maximum absolute atomic E-state index is 12.2. The Morgan fingerprint density at radius 3 is 2.25 bits per heavy atom. The zero-order valence-corrected chi connectivity index (χ0v) is 7.81. The summed E-state index contributed by atoms with van der Waals surface area (Å²) in [6.07, 6.45) is -0.0654. The molecule has 16 heavy (non-hydrogen) atoms. The molecule has 2 rings (SSSR count). The first-order chi connectivity index (χ1) is 7.47. The van der Waals surface area contributed by atoms with Crippen LogP contribution in [0, 0.1) is 0 Å². The second-order valence-corrected chi connectivity index (χ2v) is 2.98. The fourth-order valence-electron chi connectivity index (χ4n) is 1.04. The number of hydrogen-bond donors (Lipinski definition) is 1. The molecule has 0 aromatic carbocycles. The molecule has 0 aliphatic carbocycles. The molecule has 0 unspecified atom stereocenters. The Morgan fingerprint density at radius 1 is 1.12 bits per heavy atom. The molecular weight excluding hydrogens is 223 g/mol. The van der Waals surface area contributed by atoms with Gasteiger partial charge < -0.3 is 5.73 Å². The van der Waals surface area contributed by atoms with Gasteiger partial charge in [0.15, 0.2) is 5.69 Å². The predicted octanol–water partition coefficient (Wildman–Crippen LogP) is 1.26. The molecule has 0 fully saturated rings. The zero-order valence-electron chi connectivity index (χ0n) is 7.81. The lowest BCUT2D eigenvalue weighted by molar-refractivity contribution is -0.140. The highest BCUT2D eigenvalue weighted by Gasteiger charge is 2.33. The predicted molar refractivity (Wildman–Crippen MR) is 48.6 cm³/mol. The summed E-state index contributed by atoms with van der Waals surface area (Å²) in [4.78, 5) is 10.7. The van der Waals surface area contributed by atoms with Gasteiger partial charge >= 0.3 is 6.18 Å². The van der Waals surface area contributed by atoms with Crippen molar-refractivity contribution < 1.29 is 13.2 Å². The summed E-state index contributed by atoms with van der Waals surface area (Å²) < 4.78 is 37.8. The van der Waals surface area contributed by atoms with Crippen molar-refractivity contribution in [2.45, 2.75) is 6.18 Å². The molecule has 0 atom stereocenters. The average molecular weight is 229 g/mol. The minimum atomic E-state index is -4.47. The van der Waals surface area contributed by atoms with Gasteiger partial charge in [0.2, 0.25) is 5.95 Å². The number of rotatable bonds is 1. The Kier molecular flexibility index (Phi) is 2.26. The van der Waals surface area contributed by atoms with Crippen LogP contribution in [0.15, 0.2) is 24.9 Å². The van der Waals surface area contributed by atoms with Crippen LogP contribution in [-0.2, 0) is 6.18 Å². The van der Waals surface area contributed by atoms with Gasteiger partial charge in [-0.2, -0.15) is 13.2 Å². The number of hydrogen-bond acceptors (Lipinski definition) is 4. The molecule has 2 aromatic heterocycles. The van der Waals surface area contributed by atoms with E-state index in [-0.39, 0.29) is 5.95 Å². The molecule has 2 N–H and O–H groups in total. The van der Waals surface area contributed by atoms with Crippen LogP contribution in [0.5, 0.6) is 0 Å². The van der Waals surface area contributed by atoms with Gasteiger partial charge in [-0.05, 0) is 0 Å². The van der Waals surface area contributed by atoms with Crippen LogP contribution < -0.4 is 5.73 Å². The van der Waals surface area contributed by atoms with Gasteiger partial charge in [0.05, 0.1) is 18.1 Å². The van der Waals surface area contributed by atoms with Gasteiger partial charge in [0.1, 0.15) is 6.33 Å². The normalized spacial score (nSPS) is 11.7. The van der Waals surface area contributed by atoms with Crippen molar-refractivity contribution >= 4 is 5.69 Å². The fraction of sp³-hybridized carbons (Fsp3) is 0.125. The van der Waals surface area contributed by atoms with E-state index in [1.165, 1.54) is 12.4 Å². The molecule has 84 valence electrons. The SMILES string of the molecule is Nc1cnc(-n2cnc(C(F)(F)F)c2)nc1. The smallest absolute Gasteiger partial charge is 0.396 e. The maximum Gasteiger partial charge on any atom is 0.434 e. The van der Waals surface area contributed by atoms with E-state index in [4.69, 9.17) is 5.73 Å². The number of halogens is 3. The highest BCUT2D eigenvalue weighted by molar-refractivity contribution is 5.32. The van der Waals surface area contributed by atoms with Crippen LogP contribution in [0.2, 0.25) is 0 Å². The standard InChI is InChI=1S/C8H6F3N5/c9-8(10,11)6-3-16(4-15-6)7-13-1-5(12)2-14-7/h1-4H,12H2. The monoisotopic (exact) mass is 229 g/mol. The van der Waals surface area contributed by atoms with Gasteiger partial charge in [-0.1, -0.05) is 0 Å². The molecule has 0 saturated carbocycles. The number of nitrogens with zero attached hydrogens (tertiary/aromatic N) is 4. The van der Waals surface area contributed by atoms with Crippen LogP contribution in [0.1, 0.15) is 5.69 Å². The molecule has 5 nitrogen and oxygen atoms in total. The zero-order chi connectivity index (χ0) is 11.8. The van der Waals surface area contributed by atoms with E-state index in [9.17, 15) is 13.2 Å². The third-order valence-electron chi connectivity index (χ3n) is 1.76. The molecule has 0 saturated heterocycles. The molecule has 0 amide bonds. The van der Waals surface area contributed by atoms with Crippen molar-refractivity contribution in [1.29, 1.82) is 0 Å². The van der Waals surface area contributed by atoms with Gasteiger partial charge in [-0.3, -0.25) is 4.57 Å². The summed E-state index contributed by atoms with van der Waals surface area (Å²) >= 11 is 0. The Morgan fingerprint density at radius 2 is 1.75 bits per heavy atom. The van der Waals surface area contributed by atoms with E-state index in [2.05, 4.69) is 15.0 Å². The van der Waals surface area contributed by atoms with Crippen molar-refractivity contribution in [3.63, 3.8) is 0 Å². The minimum Gasteiger partial charge on any atom is -0.396 e. The lowest BCUT2D eigenvalue weighted by Gasteiger charge is -2.01. The Labute approximate surface area is 87.8 Å². The lowest BCUT2D eigenvalue weighted by atomic mass is 10.5. The first-order valence-corrected chi connectivity index (χ1v) is 4.16. The van der Waals surface area contributed by atoms with E-state index in [0.29, 0.717) is 5.69 Å². The summed E-state index contributed by atoms with van der Waals surface area (Å²) in [7, 11) is 0. The van der Waals surface area contributed by atoms with Gasteiger partial charge in [-0.15, -0.1) is 0 Å². The number of nitrogens with two attached hydrogens (primary N) is 1. The molecule has 0 bridgehead atoms. The largest absolute Gasteiger partial charge is 0.434 e. The second-order valence-electron chi connectivity index (χ2n) is 2.98. The number of alkyl halides is 3. The van der Waals surface area contributed by atoms with Crippen LogP contribution in [0.25, 0.3) is 5.95 Å². The highest BCUT2D eigenvalue weighted by Crippen LogP contribution is 2.27. The first-order valence-electron chi connectivity index (χ1n) is 4.16. The number of anilines is 1. The van der Waals surface area contributed by atoms with E-state index < -0.39 is 11.9 Å². The van der Waals surface area contributed by atoms with Crippen LogP contribution in [-0.4, -0.2) is 19.5 Å². The van der Waals surface area contributed by atoms with Crippen LogP contribution in [0.4, 0.5) is 18.9 Å². The van der Waals surface area contributed by atoms with Gasteiger partial charge in [0.25, 0.3) is 0 Å². The number of nitrogen functional groups attached to an aromatic ring is 1. The highest BCUT2D eigenvalue weighted by atomic mass is 19.4. The summed E-state index contributed by atoms with van der Waals surface area (Å²) in [5.41, 5.74) is 4.69. The molecule has 0 aliphatic rings.